The topological polar surface area (TPSA) is 52.6 Å². The lowest BCUT2D eigenvalue weighted by Gasteiger charge is -2.33. The maximum absolute atomic E-state index is 12.0. The lowest BCUT2D eigenvalue weighted by Crippen LogP contribution is -2.46. The molecular weight excluding hydrogens is 228 g/mol. The Kier molecular flexibility index (Phi) is 4.49. The molecule has 4 heteroatoms. The van der Waals surface area contributed by atoms with Crippen molar-refractivity contribution in [2.24, 2.45) is 11.8 Å². The van der Waals surface area contributed by atoms with Crippen LogP contribution < -0.4 is 5.32 Å². The molecular formula is C14H26N2O2. The average Bonchev–Trinajstić information content (AvgIpc) is 3.08. The van der Waals surface area contributed by atoms with Gasteiger partial charge in [0.2, 0.25) is 0 Å². The van der Waals surface area contributed by atoms with E-state index >= 15 is 0 Å². The molecule has 4 nitrogen and oxygen atoms in total. The van der Waals surface area contributed by atoms with Crippen molar-refractivity contribution >= 4 is 6.03 Å². The molecule has 0 spiro atoms. The predicted octanol–water partition coefficient (Wildman–Crippen LogP) is 1.98. The highest BCUT2D eigenvalue weighted by Gasteiger charge is 2.38. The fraction of sp³-hybridized carbons (Fsp3) is 0.929. The maximum atomic E-state index is 12.0. The summed E-state index contributed by atoms with van der Waals surface area (Å²) in [7, 11) is 0. The SMILES string of the molecule is CCCC1CC1NC(=O)N1CCC(C(C)O)CC1. The standard InChI is InChI=1S/C14H26N2O2/c1-3-4-12-9-13(12)15-14(18)16-7-5-11(6-8-16)10(2)17/h10-13,17H,3-9H2,1-2H3,(H,15,18). The van der Waals surface area contributed by atoms with Gasteiger partial charge in [-0.1, -0.05) is 13.3 Å². The molecule has 2 aliphatic rings. The predicted molar refractivity (Wildman–Crippen MR) is 71.3 cm³/mol. The van der Waals surface area contributed by atoms with E-state index in [1.807, 2.05) is 11.8 Å². The first-order valence-electron chi connectivity index (χ1n) is 7.35. The summed E-state index contributed by atoms with van der Waals surface area (Å²) in [5.74, 6) is 1.08. The van der Waals surface area contributed by atoms with E-state index in [0.29, 0.717) is 17.9 Å². The zero-order valence-corrected chi connectivity index (χ0v) is 11.6. The van der Waals surface area contributed by atoms with Crippen LogP contribution in [0.2, 0.25) is 0 Å². The van der Waals surface area contributed by atoms with E-state index in [1.54, 1.807) is 0 Å². The van der Waals surface area contributed by atoms with E-state index < -0.39 is 0 Å². The van der Waals surface area contributed by atoms with Gasteiger partial charge in [-0.15, -0.1) is 0 Å². The van der Waals surface area contributed by atoms with Crippen LogP contribution in [0.25, 0.3) is 0 Å². The largest absolute Gasteiger partial charge is 0.393 e. The van der Waals surface area contributed by atoms with Crippen molar-refractivity contribution in [1.29, 1.82) is 0 Å². The average molecular weight is 254 g/mol. The Morgan fingerprint density at radius 2 is 2.11 bits per heavy atom. The molecule has 2 rings (SSSR count). The Labute approximate surface area is 110 Å². The number of aliphatic hydroxyl groups excluding tert-OH is 1. The van der Waals surface area contributed by atoms with E-state index in [0.717, 1.165) is 32.4 Å². The molecule has 0 bridgehead atoms. The molecule has 0 aromatic carbocycles. The third-order valence-corrected chi connectivity index (χ3v) is 4.40. The number of hydrogen-bond acceptors (Lipinski definition) is 2. The number of amides is 2. The molecule has 18 heavy (non-hydrogen) atoms. The van der Waals surface area contributed by atoms with Crippen molar-refractivity contribution in [3.63, 3.8) is 0 Å². The fourth-order valence-electron chi connectivity index (χ4n) is 2.95. The lowest BCUT2D eigenvalue weighted by molar-refractivity contribution is 0.0797. The molecule has 0 aromatic rings. The molecule has 3 unspecified atom stereocenters. The number of nitrogens with zero attached hydrogens (tertiary/aromatic N) is 1. The van der Waals surface area contributed by atoms with Crippen molar-refractivity contribution in [2.45, 2.75) is 58.1 Å². The molecule has 2 N–H and O–H groups in total. The van der Waals surface area contributed by atoms with Crippen LogP contribution in [0.3, 0.4) is 0 Å². The second-order valence-corrected chi connectivity index (χ2v) is 5.91. The zero-order valence-electron chi connectivity index (χ0n) is 11.6. The van der Waals surface area contributed by atoms with Gasteiger partial charge in [-0.25, -0.2) is 4.79 Å². The van der Waals surface area contributed by atoms with E-state index in [-0.39, 0.29) is 12.1 Å². The van der Waals surface area contributed by atoms with Gasteiger partial charge in [-0.2, -0.15) is 0 Å². The zero-order chi connectivity index (χ0) is 13.1. The maximum Gasteiger partial charge on any atom is 0.317 e. The van der Waals surface area contributed by atoms with Crippen LogP contribution in [0.4, 0.5) is 4.79 Å². The molecule has 0 aromatic heterocycles. The number of piperidine rings is 1. The van der Waals surface area contributed by atoms with Crippen LogP contribution in [0.5, 0.6) is 0 Å². The number of carbonyl (C=O) groups excluding carboxylic acids is 1. The quantitative estimate of drug-likeness (QED) is 0.806. The first-order valence-corrected chi connectivity index (χ1v) is 7.35. The minimum absolute atomic E-state index is 0.0997. The van der Waals surface area contributed by atoms with Gasteiger partial charge in [0.1, 0.15) is 0 Å². The number of carbonyl (C=O) groups is 1. The van der Waals surface area contributed by atoms with Crippen molar-refractivity contribution in [2.75, 3.05) is 13.1 Å². The Hall–Kier alpha value is -0.770. The fourth-order valence-corrected chi connectivity index (χ4v) is 2.95. The molecule has 1 aliphatic carbocycles. The highest BCUT2D eigenvalue weighted by atomic mass is 16.3. The van der Waals surface area contributed by atoms with Crippen LogP contribution in [-0.4, -0.2) is 41.3 Å². The Morgan fingerprint density at radius 1 is 1.44 bits per heavy atom. The number of likely N-dealkylation sites (tertiary alicyclic amines) is 1. The molecule has 1 saturated heterocycles. The van der Waals surface area contributed by atoms with Crippen molar-refractivity contribution in [1.82, 2.24) is 10.2 Å². The first-order chi connectivity index (χ1) is 8.61. The summed E-state index contributed by atoms with van der Waals surface area (Å²) in [6, 6.07) is 0.523. The molecule has 3 atom stereocenters. The highest BCUT2D eigenvalue weighted by Crippen LogP contribution is 2.34. The second-order valence-electron chi connectivity index (χ2n) is 5.91. The Bertz CT molecular complexity index is 286. The van der Waals surface area contributed by atoms with Gasteiger partial charge in [0.25, 0.3) is 0 Å². The summed E-state index contributed by atoms with van der Waals surface area (Å²) < 4.78 is 0. The smallest absolute Gasteiger partial charge is 0.317 e. The van der Waals surface area contributed by atoms with E-state index in [9.17, 15) is 9.90 Å². The van der Waals surface area contributed by atoms with E-state index in [1.165, 1.54) is 12.8 Å². The van der Waals surface area contributed by atoms with Gasteiger partial charge in [0.05, 0.1) is 6.10 Å². The van der Waals surface area contributed by atoms with Crippen LogP contribution in [0.15, 0.2) is 0 Å². The van der Waals surface area contributed by atoms with Gasteiger partial charge in [-0.3, -0.25) is 0 Å². The molecule has 1 aliphatic heterocycles. The molecule has 104 valence electrons. The summed E-state index contributed by atoms with van der Waals surface area (Å²) in [5, 5.41) is 12.7. The molecule has 2 amide bonds. The van der Waals surface area contributed by atoms with Crippen LogP contribution >= 0.6 is 0 Å². The minimum Gasteiger partial charge on any atom is -0.393 e. The van der Waals surface area contributed by atoms with E-state index in [2.05, 4.69) is 12.2 Å². The summed E-state index contributed by atoms with van der Waals surface area (Å²) >= 11 is 0. The number of hydrogen-bond donors (Lipinski definition) is 2. The summed E-state index contributed by atoms with van der Waals surface area (Å²) in [4.78, 5) is 13.9. The molecule has 2 fully saturated rings. The van der Waals surface area contributed by atoms with Gasteiger partial charge in [-0.05, 0) is 44.4 Å². The van der Waals surface area contributed by atoms with Gasteiger partial charge in [0.15, 0.2) is 0 Å². The van der Waals surface area contributed by atoms with Crippen molar-refractivity contribution < 1.29 is 9.90 Å². The van der Waals surface area contributed by atoms with Gasteiger partial charge < -0.3 is 15.3 Å². The summed E-state index contributed by atoms with van der Waals surface area (Å²) in [6.45, 7) is 5.61. The molecule has 0 radical (unpaired) electrons. The van der Waals surface area contributed by atoms with Gasteiger partial charge >= 0.3 is 6.03 Å². The van der Waals surface area contributed by atoms with Crippen LogP contribution in [0.1, 0.15) is 46.0 Å². The summed E-state index contributed by atoms with van der Waals surface area (Å²) in [5.41, 5.74) is 0. The monoisotopic (exact) mass is 254 g/mol. The number of rotatable bonds is 4. The van der Waals surface area contributed by atoms with Crippen molar-refractivity contribution in [3.8, 4) is 0 Å². The van der Waals surface area contributed by atoms with E-state index in [4.69, 9.17) is 0 Å². The van der Waals surface area contributed by atoms with Crippen LogP contribution in [0, 0.1) is 11.8 Å². The second kappa shape index (κ2) is 5.91. The highest BCUT2D eigenvalue weighted by molar-refractivity contribution is 5.75. The molecule has 1 heterocycles. The number of nitrogens with one attached hydrogen (secondary N) is 1. The Balaban J connectivity index is 1.69. The third kappa shape index (κ3) is 3.37. The van der Waals surface area contributed by atoms with Gasteiger partial charge in [0, 0.05) is 19.1 Å². The lowest BCUT2D eigenvalue weighted by atomic mass is 9.92. The summed E-state index contributed by atoms with van der Waals surface area (Å²) in [6.07, 6.45) is 5.20. The molecule has 1 saturated carbocycles. The Morgan fingerprint density at radius 3 is 2.67 bits per heavy atom. The number of urea groups is 1. The van der Waals surface area contributed by atoms with Crippen LogP contribution in [-0.2, 0) is 0 Å². The number of aliphatic hydroxyl groups is 1. The van der Waals surface area contributed by atoms with Crippen molar-refractivity contribution in [3.05, 3.63) is 0 Å². The normalized spacial score (nSPS) is 30.1. The minimum atomic E-state index is -0.243. The first kappa shape index (κ1) is 13.7. The third-order valence-electron chi connectivity index (χ3n) is 4.40.